The van der Waals surface area contributed by atoms with Gasteiger partial charge in [0, 0.05) is 51.2 Å². The first-order chi connectivity index (χ1) is 13.6. The van der Waals surface area contributed by atoms with E-state index in [9.17, 15) is 9.59 Å². The normalized spacial score (nSPS) is 15.8. The molecule has 28 heavy (non-hydrogen) atoms. The molecule has 4 rings (SSSR count). The van der Waals surface area contributed by atoms with Gasteiger partial charge in [0.2, 0.25) is 10.9 Å². The predicted octanol–water partition coefficient (Wildman–Crippen LogP) is 0.644. The van der Waals surface area contributed by atoms with Crippen molar-refractivity contribution in [1.29, 1.82) is 0 Å². The second-order valence-corrected chi connectivity index (χ2v) is 7.88. The van der Waals surface area contributed by atoms with Crippen LogP contribution in [0.1, 0.15) is 24.0 Å². The molecule has 0 N–H and O–H groups in total. The SMILES string of the molecule is CCc1nn2c(=O)cc(CN3CCCN(C(=O)Cn4cccn4)CC3)nc2s1. The van der Waals surface area contributed by atoms with E-state index in [1.165, 1.54) is 15.9 Å². The fraction of sp³-hybridized carbons (Fsp3) is 0.500. The lowest BCUT2D eigenvalue weighted by Crippen LogP contribution is -2.37. The molecule has 0 unspecified atom stereocenters. The number of hydrogen-bond donors (Lipinski definition) is 0. The average molecular weight is 401 g/mol. The number of aromatic nitrogens is 5. The second kappa shape index (κ2) is 8.19. The van der Waals surface area contributed by atoms with E-state index in [-0.39, 0.29) is 18.0 Å². The van der Waals surface area contributed by atoms with E-state index in [1.807, 2.05) is 17.9 Å². The van der Waals surface area contributed by atoms with Gasteiger partial charge in [0.15, 0.2) is 0 Å². The highest BCUT2D eigenvalue weighted by Gasteiger charge is 2.20. The highest BCUT2D eigenvalue weighted by molar-refractivity contribution is 7.16. The number of rotatable bonds is 5. The summed E-state index contributed by atoms with van der Waals surface area (Å²) in [5.74, 6) is 0.0834. The van der Waals surface area contributed by atoms with Crippen LogP contribution in [0.15, 0.2) is 29.3 Å². The van der Waals surface area contributed by atoms with Crippen LogP contribution in [-0.2, 0) is 24.3 Å². The summed E-state index contributed by atoms with van der Waals surface area (Å²) in [5, 5.41) is 9.30. The highest BCUT2D eigenvalue weighted by Crippen LogP contribution is 2.13. The summed E-state index contributed by atoms with van der Waals surface area (Å²) in [6.45, 7) is 5.92. The van der Waals surface area contributed by atoms with E-state index in [0.717, 1.165) is 43.2 Å². The molecule has 0 aromatic carbocycles. The average Bonchev–Trinajstić information content (AvgIpc) is 3.27. The standard InChI is InChI=1S/C18H23N7O2S/c1-2-15-21-25-16(26)11-14(20-18(25)28-15)12-22-6-4-7-23(10-9-22)17(27)13-24-8-3-5-19-24/h3,5,8,11H,2,4,6-7,9-10,12-13H2,1H3. The molecule has 10 heteroatoms. The molecule has 1 saturated heterocycles. The summed E-state index contributed by atoms with van der Waals surface area (Å²) in [6.07, 6.45) is 5.16. The lowest BCUT2D eigenvalue weighted by atomic mass is 10.3. The minimum atomic E-state index is -0.137. The number of aryl methyl sites for hydroxylation is 1. The van der Waals surface area contributed by atoms with Crippen LogP contribution in [0.4, 0.5) is 0 Å². The van der Waals surface area contributed by atoms with Crippen LogP contribution in [-0.4, -0.2) is 66.3 Å². The molecule has 0 bridgehead atoms. The van der Waals surface area contributed by atoms with Crippen LogP contribution in [0.2, 0.25) is 0 Å². The lowest BCUT2D eigenvalue weighted by molar-refractivity contribution is -0.131. The number of carbonyl (C=O) groups excluding carboxylic acids is 1. The second-order valence-electron chi connectivity index (χ2n) is 6.84. The van der Waals surface area contributed by atoms with E-state index in [4.69, 9.17) is 0 Å². The van der Waals surface area contributed by atoms with Gasteiger partial charge in [-0.15, -0.1) is 0 Å². The van der Waals surface area contributed by atoms with Gasteiger partial charge in [-0.3, -0.25) is 19.2 Å². The smallest absolute Gasteiger partial charge is 0.275 e. The molecule has 0 atom stereocenters. The molecule has 0 radical (unpaired) electrons. The topological polar surface area (TPSA) is 88.6 Å². The summed E-state index contributed by atoms with van der Waals surface area (Å²) >= 11 is 1.46. The maximum atomic E-state index is 12.5. The monoisotopic (exact) mass is 401 g/mol. The molecule has 148 valence electrons. The Balaban J connectivity index is 1.40. The molecule has 3 aromatic rings. The molecule has 1 aliphatic heterocycles. The molecular weight excluding hydrogens is 378 g/mol. The first kappa shape index (κ1) is 18.8. The molecule has 4 heterocycles. The molecule has 1 fully saturated rings. The van der Waals surface area contributed by atoms with Crippen molar-refractivity contribution in [1.82, 2.24) is 34.2 Å². The summed E-state index contributed by atoms with van der Waals surface area (Å²) in [6, 6.07) is 3.38. The Morgan fingerprint density at radius 1 is 1.25 bits per heavy atom. The van der Waals surface area contributed by atoms with Gasteiger partial charge >= 0.3 is 0 Å². The first-order valence-corrected chi connectivity index (χ1v) is 10.3. The van der Waals surface area contributed by atoms with Gasteiger partial charge in [0.1, 0.15) is 11.6 Å². The maximum absolute atomic E-state index is 12.5. The van der Waals surface area contributed by atoms with Crippen molar-refractivity contribution in [3.8, 4) is 0 Å². The van der Waals surface area contributed by atoms with Crippen LogP contribution in [0.25, 0.3) is 4.96 Å². The maximum Gasteiger partial charge on any atom is 0.275 e. The van der Waals surface area contributed by atoms with Crippen LogP contribution < -0.4 is 5.56 Å². The first-order valence-electron chi connectivity index (χ1n) is 9.48. The zero-order valence-corrected chi connectivity index (χ0v) is 16.6. The van der Waals surface area contributed by atoms with Crippen molar-refractivity contribution in [3.05, 3.63) is 45.6 Å². The lowest BCUT2D eigenvalue weighted by Gasteiger charge is -2.21. The van der Waals surface area contributed by atoms with Gasteiger partial charge in [0.05, 0.1) is 5.69 Å². The van der Waals surface area contributed by atoms with Gasteiger partial charge in [-0.1, -0.05) is 18.3 Å². The largest absolute Gasteiger partial charge is 0.340 e. The Bertz CT molecular complexity index is 1010. The summed E-state index contributed by atoms with van der Waals surface area (Å²) < 4.78 is 3.03. The van der Waals surface area contributed by atoms with Gasteiger partial charge in [0.25, 0.3) is 5.56 Å². The highest BCUT2D eigenvalue weighted by atomic mass is 32.1. The molecule has 0 saturated carbocycles. The van der Waals surface area contributed by atoms with Gasteiger partial charge < -0.3 is 4.90 Å². The third-order valence-corrected chi connectivity index (χ3v) is 5.88. The minimum absolute atomic E-state index is 0.0834. The number of fused-ring (bicyclic) bond motifs is 1. The van der Waals surface area contributed by atoms with E-state index in [2.05, 4.69) is 20.1 Å². The summed E-state index contributed by atoms with van der Waals surface area (Å²) in [7, 11) is 0. The van der Waals surface area contributed by atoms with Crippen molar-refractivity contribution >= 4 is 22.2 Å². The zero-order chi connectivity index (χ0) is 19.5. The van der Waals surface area contributed by atoms with Crippen LogP contribution >= 0.6 is 11.3 Å². The fourth-order valence-electron chi connectivity index (χ4n) is 3.36. The van der Waals surface area contributed by atoms with Crippen molar-refractivity contribution in [2.75, 3.05) is 26.2 Å². The van der Waals surface area contributed by atoms with Gasteiger partial charge in [-0.05, 0) is 18.9 Å². The molecule has 1 aliphatic rings. The molecule has 9 nitrogen and oxygen atoms in total. The third-order valence-electron chi connectivity index (χ3n) is 4.83. The van der Waals surface area contributed by atoms with Crippen LogP contribution in [0, 0.1) is 0 Å². The van der Waals surface area contributed by atoms with Crippen LogP contribution in [0.3, 0.4) is 0 Å². The van der Waals surface area contributed by atoms with Crippen LogP contribution in [0.5, 0.6) is 0 Å². The Kier molecular flexibility index (Phi) is 5.49. The summed E-state index contributed by atoms with van der Waals surface area (Å²) in [5.41, 5.74) is 0.620. The molecular formula is C18H23N7O2S. The predicted molar refractivity (Wildman–Crippen MR) is 105 cm³/mol. The van der Waals surface area contributed by atoms with E-state index < -0.39 is 0 Å². The minimum Gasteiger partial charge on any atom is -0.340 e. The van der Waals surface area contributed by atoms with E-state index >= 15 is 0 Å². The van der Waals surface area contributed by atoms with Gasteiger partial charge in [-0.2, -0.15) is 14.7 Å². The number of hydrogen-bond acceptors (Lipinski definition) is 7. The zero-order valence-electron chi connectivity index (χ0n) is 15.8. The van der Waals surface area contributed by atoms with Crippen molar-refractivity contribution in [2.45, 2.75) is 32.9 Å². The van der Waals surface area contributed by atoms with Crippen molar-refractivity contribution < 1.29 is 4.79 Å². The Morgan fingerprint density at radius 3 is 2.93 bits per heavy atom. The molecule has 1 amide bonds. The van der Waals surface area contributed by atoms with Gasteiger partial charge in [-0.25, -0.2) is 4.98 Å². The quantitative estimate of drug-likeness (QED) is 0.624. The summed E-state index contributed by atoms with van der Waals surface area (Å²) in [4.78, 5) is 34.2. The van der Waals surface area contributed by atoms with E-state index in [1.54, 1.807) is 23.1 Å². The molecule has 3 aromatic heterocycles. The number of amides is 1. The molecule has 0 spiro atoms. The molecule has 0 aliphatic carbocycles. The van der Waals surface area contributed by atoms with Crippen molar-refractivity contribution in [3.63, 3.8) is 0 Å². The Morgan fingerprint density at radius 2 is 2.14 bits per heavy atom. The fourth-order valence-corrected chi connectivity index (χ4v) is 4.22. The third kappa shape index (κ3) is 4.12. The number of nitrogens with zero attached hydrogens (tertiary/aromatic N) is 7. The Labute approximate surface area is 166 Å². The Hall–Kier alpha value is -2.59. The number of carbonyl (C=O) groups is 1. The van der Waals surface area contributed by atoms with Crippen molar-refractivity contribution in [2.24, 2.45) is 0 Å². The van der Waals surface area contributed by atoms with E-state index in [0.29, 0.717) is 18.1 Å².